The Kier molecular flexibility index (Phi) is 7.24. The van der Waals surface area contributed by atoms with Gasteiger partial charge in [-0.05, 0) is 51.0 Å². The minimum Gasteiger partial charge on any atom is -0.441 e. The van der Waals surface area contributed by atoms with E-state index in [1.807, 2.05) is 13.8 Å². The van der Waals surface area contributed by atoms with Crippen molar-refractivity contribution in [3.63, 3.8) is 0 Å². The zero-order valence-electron chi connectivity index (χ0n) is 17.7. The monoisotopic (exact) mass is 415 g/mol. The van der Waals surface area contributed by atoms with Crippen LogP contribution in [0.2, 0.25) is 0 Å². The number of carbonyl (C=O) groups excluding carboxylic acids is 2. The zero-order chi connectivity index (χ0) is 21.6. The first kappa shape index (κ1) is 22.0. The van der Waals surface area contributed by atoms with Gasteiger partial charge in [0.25, 0.3) is 0 Å². The maximum atomic E-state index is 13.1. The van der Waals surface area contributed by atoms with E-state index in [-0.39, 0.29) is 24.1 Å². The number of oxazole rings is 1. The number of hydrogen-bond acceptors (Lipinski definition) is 4. The highest BCUT2D eigenvalue weighted by Gasteiger charge is 2.42. The topological polar surface area (TPSA) is 75.4 Å². The summed E-state index contributed by atoms with van der Waals surface area (Å²) >= 11 is 0. The largest absolute Gasteiger partial charge is 0.441 e. The van der Waals surface area contributed by atoms with Crippen LogP contribution >= 0.6 is 0 Å². The van der Waals surface area contributed by atoms with Gasteiger partial charge in [-0.3, -0.25) is 9.59 Å². The Hall–Kier alpha value is -2.70. The second kappa shape index (κ2) is 9.87. The van der Waals surface area contributed by atoms with E-state index in [1.165, 1.54) is 12.1 Å². The number of aromatic nitrogens is 1. The minimum atomic E-state index is -0.794. The van der Waals surface area contributed by atoms with Crippen LogP contribution in [-0.2, 0) is 16.0 Å². The Balaban J connectivity index is 1.62. The van der Waals surface area contributed by atoms with E-state index in [1.54, 1.807) is 23.2 Å². The molecule has 7 heteroatoms. The summed E-state index contributed by atoms with van der Waals surface area (Å²) in [6.07, 6.45) is 6.43. The molecule has 162 valence electrons. The molecule has 0 spiro atoms. The molecule has 1 N–H and O–H groups in total. The lowest BCUT2D eigenvalue weighted by Gasteiger charge is -2.40. The molecule has 0 unspecified atom stereocenters. The first-order valence-corrected chi connectivity index (χ1v) is 10.8. The third-order valence-corrected chi connectivity index (χ3v) is 5.79. The van der Waals surface area contributed by atoms with E-state index >= 15 is 0 Å². The Morgan fingerprint density at radius 3 is 2.43 bits per heavy atom. The number of carbonyl (C=O) groups is 2. The van der Waals surface area contributed by atoms with Crippen molar-refractivity contribution < 1.29 is 18.4 Å². The fourth-order valence-electron chi connectivity index (χ4n) is 4.08. The van der Waals surface area contributed by atoms with Crippen LogP contribution in [0.15, 0.2) is 34.9 Å². The molecule has 1 aromatic heterocycles. The van der Waals surface area contributed by atoms with E-state index in [4.69, 9.17) is 4.42 Å². The van der Waals surface area contributed by atoms with Crippen molar-refractivity contribution in [3.8, 4) is 11.3 Å². The summed E-state index contributed by atoms with van der Waals surface area (Å²) in [6, 6.07) is 5.97. The third kappa shape index (κ3) is 5.07. The standard InChI is InChI=1S/C23H30FN3O3/c1-3-27(4-2)22(29)23(14-6-5-7-15-23)26-20(28)12-13-21-25-16-19(30-21)17-8-10-18(24)11-9-17/h8-11,16H,3-7,12-15H2,1-2H3,(H,26,28). The Labute approximate surface area is 176 Å². The number of rotatable bonds is 8. The quantitative estimate of drug-likeness (QED) is 0.704. The summed E-state index contributed by atoms with van der Waals surface area (Å²) in [6.45, 7) is 5.19. The maximum Gasteiger partial charge on any atom is 0.248 e. The molecule has 2 aromatic rings. The molecule has 0 atom stereocenters. The zero-order valence-corrected chi connectivity index (χ0v) is 17.7. The number of likely N-dealkylation sites (N-methyl/N-ethyl adjacent to an activating group) is 1. The summed E-state index contributed by atoms with van der Waals surface area (Å²) < 4.78 is 18.8. The summed E-state index contributed by atoms with van der Waals surface area (Å²) in [7, 11) is 0. The first-order valence-electron chi connectivity index (χ1n) is 10.8. The molecule has 0 aliphatic heterocycles. The molecule has 0 radical (unpaired) electrons. The molecular formula is C23H30FN3O3. The number of aryl methyl sites for hydroxylation is 1. The van der Waals surface area contributed by atoms with E-state index in [0.717, 1.165) is 24.8 Å². The maximum absolute atomic E-state index is 13.1. The van der Waals surface area contributed by atoms with Crippen LogP contribution in [0, 0.1) is 5.82 Å². The molecular weight excluding hydrogens is 385 g/mol. The number of hydrogen-bond donors (Lipinski definition) is 1. The average molecular weight is 416 g/mol. The van der Waals surface area contributed by atoms with Crippen molar-refractivity contribution in [2.24, 2.45) is 0 Å². The van der Waals surface area contributed by atoms with Gasteiger partial charge in [0.05, 0.1) is 6.20 Å². The molecule has 3 rings (SSSR count). The summed E-state index contributed by atoms with van der Waals surface area (Å²) in [5.41, 5.74) is -0.0670. The van der Waals surface area contributed by atoms with Gasteiger partial charge in [-0.15, -0.1) is 0 Å². The van der Waals surface area contributed by atoms with Crippen molar-refractivity contribution in [2.45, 2.75) is 64.3 Å². The predicted octanol–water partition coefficient (Wildman–Crippen LogP) is 4.10. The minimum absolute atomic E-state index is 0.0234. The van der Waals surface area contributed by atoms with Gasteiger partial charge in [0, 0.05) is 31.5 Å². The van der Waals surface area contributed by atoms with Crippen molar-refractivity contribution in [3.05, 3.63) is 42.2 Å². The summed E-state index contributed by atoms with van der Waals surface area (Å²) in [4.78, 5) is 31.9. The molecule has 1 aliphatic carbocycles. The second-order valence-corrected chi connectivity index (χ2v) is 7.79. The summed E-state index contributed by atoms with van der Waals surface area (Å²) in [5.74, 6) is 0.517. The van der Waals surface area contributed by atoms with Gasteiger partial charge in [0.15, 0.2) is 11.7 Å². The number of benzene rings is 1. The molecule has 0 bridgehead atoms. The average Bonchev–Trinajstić information content (AvgIpc) is 3.23. The van der Waals surface area contributed by atoms with Crippen LogP contribution in [-0.4, -0.2) is 40.3 Å². The van der Waals surface area contributed by atoms with Gasteiger partial charge in [-0.1, -0.05) is 19.3 Å². The summed E-state index contributed by atoms with van der Waals surface area (Å²) in [5, 5.41) is 3.05. The smallest absolute Gasteiger partial charge is 0.248 e. The number of halogens is 1. The van der Waals surface area contributed by atoms with Gasteiger partial charge in [-0.25, -0.2) is 9.37 Å². The molecule has 1 aliphatic rings. The highest BCUT2D eigenvalue weighted by molar-refractivity contribution is 5.91. The van der Waals surface area contributed by atoms with Gasteiger partial charge < -0.3 is 14.6 Å². The third-order valence-electron chi connectivity index (χ3n) is 5.79. The molecule has 1 heterocycles. The predicted molar refractivity (Wildman–Crippen MR) is 112 cm³/mol. The van der Waals surface area contributed by atoms with E-state index in [2.05, 4.69) is 10.3 Å². The van der Waals surface area contributed by atoms with Crippen molar-refractivity contribution in [2.75, 3.05) is 13.1 Å². The molecule has 1 aromatic carbocycles. The molecule has 2 amide bonds. The van der Waals surface area contributed by atoms with Gasteiger partial charge in [0.2, 0.25) is 11.8 Å². The van der Waals surface area contributed by atoms with E-state index in [0.29, 0.717) is 44.0 Å². The second-order valence-electron chi connectivity index (χ2n) is 7.79. The number of nitrogens with zero attached hydrogens (tertiary/aromatic N) is 2. The van der Waals surface area contributed by atoms with Crippen molar-refractivity contribution in [1.29, 1.82) is 0 Å². The van der Waals surface area contributed by atoms with Crippen LogP contribution in [0.25, 0.3) is 11.3 Å². The fraction of sp³-hybridized carbons (Fsp3) is 0.522. The van der Waals surface area contributed by atoms with Crippen LogP contribution in [0.3, 0.4) is 0 Å². The SMILES string of the molecule is CCN(CC)C(=O)C1(NC(=O)CCc2ncc(-c3ccc(F)cc3)o2)CCCCC1. The number of nitrogens with one attached hydrogen (secondary N) is 1. The first-order chi connectivity index (χ1) is 14.5. The Morgan fingerprint density at radius 1 is 1.13 bits per heavy atom. The van der Waals surface area contributed by atoms with Crippen LogP contribution < -0.4 is 5.32 Å². The molecule has 0 saturated heterocycles. The Bertz CT molecular complexity index is 853. The van der Waals surface area contributed by atoms with Crippen LogP contribution in [0.4, 0.5) is 4.39 Å². The molecule has 6 nitrogen and oxygen atoms in total. The van der Waals surface area contributed by atoms with Gasteiger partial charge in [0.1, 0.15) is 11.4 Å². The fourth-order valence-corrected chi connectivity index (χ4v) is 4.08. The van der Waals surface area contributed by atoms with Crippen LogP contribution in [0.1, 0.15) is 58.3 Å². The molecule has 1 saturated carbocycles. The molecule has 1 fully saturated rings. The number of amides is 2. The van der Waals surface area contributed by atoms with E-state index < -0.39 is 5.54 Å². The lowest BCUT2D eigenvalue weighted by molar-refractivity contribution is -0.143. The highest BCUT2D eigenvalue weighted by Crippen LogP contribution is 2.30. The highest BCUT2D eigenvalue weighted by atomic mass is 19.1. The normalized spacial score (nSPS) is 15.6. The van der Waals surface area contributed by atoms with E-state index in [9.17, 15) is 14.0 Å². The lowest BCUT2D eigenvalue weighted by Crippen LogP contribution is -2.60. The lowest BCUT2D eigenvalue weighted by atomic mass is 9.80. The van der Waals surface area contributed by atoms with Crippen molar-refractivity contribution >= 4 is 11.8 Å². The van der Waals surface area contributed by atoms with Gasteiger partial charge >= 0.3 is 0 Å². The van der Waals surface area contributed by atoms with Crippen molar-refractivity contribution in [1.82, 2.24) is 15.2 Å². The molecule has 30 heavy (non-hydrogen) atoms. The van der Waals surface area contributed by atoms with Gasteiger partial charge in [-0.2, -0.15) is 0 Å². The van der Waals surface area contributed by atoms with Crippen LogP contribution in [0.5, 0.6) is 0 Å². The Morgan fingerprint density at radius 2 is 1.80 bits per heavy atom.